The highest BCUT2D eigenvalue weighted by molar-refractivity contribution is 7.99. The second-order valence-corrected chi connectivity index (χ2v) is 17.7. The lowest BCUT2D eigenvalue weighted by atomic mass is 10.0. The first kappa shape index (κ1) is 44.9. The van der Waals surface area contributed by atoms with Gasteiger partial charge in [0.25, 0.3) is 11.8 Å². The third-order valence-corrected chi connectivity index (χ3v) is 13.4. The molecule has 2 aromatic heterocycles. The predicted molar refractivity (Wildman–Crippen MR) is 246 cm³/mol. The van der Waals surface area contributed by atoms with Crippen molar-refractivity contribution in [3.8, 4) is 0 Å². The fourth-order valence-electron chi connectivity index (χ4n) is 7.52. The van der Waals surface area contributed by atoms with E-state index in [9.17, 15) is 19.2 Å². The highest BCUT2D eigenvalue weighted by Crippen LogP contribution is 2.31. The molecule has 12 heteroatoms. The molecular weight excluding hydrogens is 805 g/mol. The van der Waals surface area contributed by atoms with E-state index in [4.69, 9.17) is 9.47 Å². The molecule has 0 atom stereocenters. The van der Waals surface area contributed by atoms with Crippen molar-refractivity contribution in [3.05, 3.63) is 132 Å². The summed E-state index contributed by atoms with van der Waals surface area (Å²) in [4.78, 5) is 65.0. The third-order valence-electron chi connectivity index (χ3n) is 11.3. The molecule has 318 valence electrons. The average Bonchev–Trinajstić information content (AvgIpc) is 3.89. The largest absolute Gasteiger partial charge is 0.469 e. The van der Waals surface area contributed by atoms with Crippen molar-refractivity contribution in [1.82, 2.24) is 15.3 Å². The summed E-state index contributed by atoms with van der Waals surface area (Å²) in [6, 6.07) is 16.8. The topological polar surface area (TPSA) is 143 Å². The molecule has 0 saturated carbocycles. The number of aromatic nitrogens is 2. The molecule has 2 aromatic carbocycles. The number of hydrogen-bond donors (Lipinski definition) is 3. The smallest absolute Gasteiger partial charge is 0.305 e. The Hall–Kier alpha value is -5.59. The molecule has 2 aliphatic heterocycles. The van der Waals surface area contributed by atoms with Gasteiger partial charge in [-0.1, -0.05) is 35.4 Å². The summed E-state index contributed by atoms with van der Waals surface area (Å²) in [6.07, 6.45) is 8.36. The van der Waals surface area contributed by atoms with E-state index in [0.29, 0.717) is 42.5 Å². The van der Waals surface area contributed by atoms with E-state index in [1.807, 2.05) is 45.9 Å². The van der Waals surface area contributed by atoms with Gasteiger partial charge in [-0.3, -0.25) is 19.2 Å². The maximum atomic E-state index is 13.2. The van der Waals surface area contributed by atoms with E-state index in [-0.39, 0.29) is 36.6 Å². The van der Waals surface area contributed by atoms with Gasteiger partial charge >= 0.3 is 11.9 Å². The Kier molecular flexibility index (Phi) is 15.0. The molecule has 4 aromatic rings. The fraction of sp³-hybridized carbons (Fsp3) is 0.327. The van der Waals surface area contributed by atoms with E-state index < -0.39 is 0 Å². The van der Waals surface area contributed by atoms with Crippen molar-refractivity contribution in [2.24, 2.45) is 4.99 Å². The van der Waals surface area contributed by atoms with Crippen LogP contribution in [0.25, 0.3) is 18.2 Å². The van der Waals surface area contributed by atoms with Crippen molar-refractivity contribution >= 4 is 71.2 Å². The number of amides is 2. The van der Waals surface area contributed by atoms with E-state index in [1.165, 1.54) is 30.2 Å². The molecule has 2 aliphatic rings. The van der Waals surface area contributed by atoms with Gasteiger partial charge < -0.3 is 24.8 Å². The summed E-state index contributed by atoms with van der Waals surface area (Å²) >= 11 is 3.47. The summed E-state index contributed by atoms with van der Waals surface area (Å²) in [5.74, 6) is 0.580. The van der Waals surface area contributed by atoms with Crippen molar-refractivity contribution < 1.29 is 28.7 Å². The number of benzene rings is 2. The number of carbonyl (C=O) groups is 4. The normalized spacial score (nSPS) is 15.4. The Morgan fingerprint density at radius 3 is 1.75 bits per heavy atom. The average molecular weight is 859 g/mol. The van der Waals surface area contributed by atoms with Crippen LogP contribution in [0.5, 0.6) is 0 Å². The number of nitrogens with one attached hydrogen (secondary N) is 3. The quantitative estimate of drug-likeness (QED) is 0.0721. The zero-order valence-corrected chi connectivity index (χ0v) is 37.9. The number of nitrogens with zero attached hydrogens (tertiary/aromatic N) is 1. The number of thioether (sulfide) groups is 2. The second-order valence-electron chi connectivity index (χ2n) is 15.4. The van der Waals surface area contributed by atoms with Crippen LogP contribution in [0, 0.1) is 27.7 Å². The van der Waals surface area contributed by atoms with Crippen LogP contribution in [0.3, 0.4) is 0 Å². The number of H-pyrrole nitrogens is 2. The van der Waals surface area contributed by atoms with Gasteiger partial charge in [-0.25, -0.2) is 4.99 Å². The summed E-state index contributed by atoms with van der Waals surface area (Å²) in [5, 5.41) is 4.63. The second kappa shape index (κ2) is 20.3. The number of esters is 2. The van der Waals surface area contributed by atoms with E-state index in [0.717, 1.165) is 77.6 Å². The maximum Gasteiger partial charge on any atom is 0.305 e. The van der Waals surface area contributed by atoms with Crippen molar-refractivity contribution in [1.29, 1.82) is 0 Å². The lowest BCUT2D eigenvalue weighted by molar-refractivity contribution is -0.141. The SMILES string of the molecule is COC(=O)CCc1c(C=c2[nH]c(=CC3=NC(=O)C(CCSc4ccc(C)cc4)=C3C)c(C)c2CCC(=O)OC)[nH]c(/C=C2\NC(=O)C(C)=C2CCSc2ccc(C)cc2)c1C. The number of ether oxygens (including phenoxy) is 2. The van der Waals surface area contributed by atoms with Crippen LogP contribution in [-0.2, 0) is 41.5 Å². The highest BCUT2D eigenvalue weighted by Gasteiger charge is 2.26. The zero-order chi connectivity index (χ0) is 43.8. The monoisotopic (exact) mass is 858 g/mol. The van der Waals surface area contributed by atoms with E-state index >= 15 is 0 Å². The fourth-order valence-corrected chi connectivity index (χ4v) is 9.26. The number of rotatable bonds is 17. The summed E-state index contributed by atoms with van der Waals surface area (Å²) in [5.41, 5.74) is 12.3. The van der Waals surface area contributed by atoms with Gasteiger partial charge in [0.1, 0.15) is 0 Å². The Labute approximate surface area is 366 Å². The number of methoxy groups -OCH3 is 2. The number of aromatic amines is 2. The summed E-state index contributed by atoms with van der Waals surface area (Å²) in [6.45, 7) is 11.9. The Balaban J connectivity index is 1.35. The first-order valence-corrected chi connectivity index (χ1v) is 22.4. The molecule has 61 heavy (non-hydrogen) atoms. The summed E-state index contributed by atoms with van der Waals surface area (Å²) < 4.78 is 10.0. The third kappa shape index (κ3) is 11.0. The van der Waals surface area contributed by atoms with Gasteiger partial charge in [0.05, 0.1) is 19.9 Å². The zero-order valence-electron chi connectivity index (χ0n) is 36.2. The number of allylic oxidation sites excluding steroid dienone is 2. The first-order chi connectivity index (χ1) is 29.3. The molecule has 0 saturated heterocycles. The van der Waals surface area contributed by atoms with Crippen LogP contribution < -0.4 is 16.0 Å². The van der Waals surface area contributed by atoms with Crippen molar-refractivity contribution in [2.45, 2.75) is 89.9 Å². The van der Waals surface area contributed by atoms with E-state index in [1.54, 1.807) is 23.5 Å². The maximum absolute atomic E-state index is 13.2. The number of hydrogen-bond acceptors (Lipinski definition) is 8. The molecule has 0 aliphatic carbocycles. The molecule has 0 unspecified atom stereocenters. The molecule has 0 radical (unpaired) electrons. The van der Waals surface area contributed by atoms with Crippen LogP contribution in [0.1, 0.15) is 84.3 Å². The van der Waals surface area contributed by atoms with Crippen LogP contribution in [0.15, 0.2) is 91.3 Å². The Morgan fingerprint density at radius 1 is 0.623 bits per heavy atom. The van der Waals surface area contributed by atoms with Gasteiger partial charge in [-0.05, 0) is 143 Å². The molecular formula is C49H54N4O6S2. The summed E-state index contributed by atoms with van der Waals surface area (Å²) in [7, 11) is 2.76. The molecule has 6 rings (SSSR count). The van der Waals surface area contributed by atoms with E-state index in [2.05, 4.69) is 82.7 Å². The van der Waals surface area contributed by atoms with Gasteiger partial charge in [0.2, 0.25) is 0 Å². The van der Waals surface area contributed by atoms with Crippen LogP contribution in [-0.4, -0.2) is 65.2 Å². The minimum absolute atomic E-state index is 0.115. The highest BCUT2D eigenvalue weighted by atomic mass is 32.2. The molecule has 0 bridgehead atoms. The minimum atomic E-state index is -0.326. The standard InChI is InChI=1S/C49H54N4O6S2/c1-28-9-13-34(14-10-28)60-23-21-38-33(6)48(56)53-45(38)26-41-31(4)37(18-20-47(55)59-8)44(51-41)27-43-36(17-19-46(54)58-7)30(3)40(50-43)25-42-32(5)39(49(57)52-42)22-24-61-35-15-11-29(2)12-16-35/h9-16,25-27,50-51H,17-24H2,1-8H3,(H,53,56)/b40-25?,43-27?,45-26-. The molecule has 3 N–H and O–H groups in total. The lowest BCUT2D eigenvalue weighted by Gasteiger charge is -2.07. The van der Waals surface area contributed by atoms with Crippen molar-refractivity contribution in [2.75, 3.05) is 25.7 Å². The lowest BCUT2D eigenvalue weighted by Crippen LogP contribution is -2.15. The van der Waals surface area contributed by atoms with Crippen LogP contribution in [0.2, 0.25) is 0 Å². The number of aryl methyl sites for hydroxylation is 2. The van der Waals surface area contributed by atoms with Crippen LogP contribution in [0.4, 0.5) is 0 Å². The van der Waals surface area contributed by atoms with Gasteiger partial charge in [0, 0.05) is 73.1 Å². The molecule has 0 spiro atoms. The Bertz CT molecular complexity index is 2610. The number of aliphatic imine (C=N–C) groups is 1. The minimum Gasteiger partial charge on any atom is -0.469 e. The molecule has 4 heterocycles. The van der Waals surface area contributed by atoms with Gasteiger partial charge in [-0.15, -0.1) is 23.5 Å². The van der Waals surface area contributed by atoms with Gasteiger partial charge in [0.15, 0.2) is 0 Å². The first-order valence-electron chi connectivity index (χ1n) is 20.5. The Morgan fingerprint density at radius 2 is 1.18 bits per heavy atom. The van der Waals surface area contributed by atoms with Crippen molar-refractivity contribution in [3.63, 3.8) is 0 Å². The molecule has 10 nitrogen and oxygen atoms in total. The molecule has 2 amide bonds. The van der Waals surface area contributed by atoms with Gasteiger partial charge in [-0.2, -0.15) is 0 Å². The molecule has 0 fully saturated rings. The number of carbonyl (C=O) groups excluding carboxylic acids is 4. The predicted octanol–water partition coefficient (Wildman–Crippen LogP) is 7.85. The van der Waals surface area contributed by atoms with Crippen LogP contribution >= 0.6 is 23.5 Å².